The lowest BCUT2D eigenvalue weighted by Gasteiger charge is -2.26. The van der Waals surface area contributed by atoms with E-state index in [-0.39, 0.29) is 23.9 Å². The normalized spacial score (nSPS) is 10.8. The first kappa shape index (κ1) is 18.9. The Morgan fingerprint density at radius 2 is 2.00 bits per heavy atom. The molecule has 0 spiro atoms. The van der Waals surface area contributed by atoms with E-state index in [1.54, 1.807) is 13.2 Å². The number of carbonyl (C=O) groups is 1. The van der Waals surface area contributed by atoms with Gasteiger partial charge in [-0.25, -0.2) is 0 Å². The smallest absolute Gasteiger partial charge is 0.251 e. The number of nitrogens with two attached hydrogens (primary N) is 1. The van der Waals surface area contributed by atoms with Crippen molar-refractivity contribution >= 4 is 18.3 Å². The van der Waals surface area contributed by atoms with Crippen molar-refractivity contribution in [3.63, 3.8) is 0 Å². The van der Waals surface area contributed by atoms with E-state index in [9.17, 15) is 4.79 Å². The summed E-state index contributed by atoms with van der Waals surface area (Å²) in [5.74, 6) is -0.0883. The van der Waals surface area contributed by atoms with Gasteiger partial charge in [-0.2, -0.15) is 0 Å². The van der Waals surface area contributed by atoms with Crippen molar-refractivity contribution in [3.05, 3.63) is 35.4 Å². The molecule has 0 radical (unpaired) electrons. The minimum Gasteiger partial charge on any atom is -0.380 e. The molecule has 5 heteroatoms. The highest BCUT2D eigenvalue weighted by molar-refractivity contribution is 5.94. The first-order valence-corrected chi connectivity index (χ1v) is 6.69. The molecule has 1 amide bonds. The van der Waals surface area contributed by atoms with Crippen LogP contribution in [-0.2, 0) is 11.3 Å². The van der Waals surface area contributed by atoms with E-state index in [4.69, 9.17) is 10.5 Å². The standard InChI is InChI=1S/C15H24N2O2.ClH/c1-4-15(16,5-2)11-17-14(18)13-8-6-7-12(9-13)10-19-3;/h6-9H,4-5,10-11,16H2,1-3H3,(H,17,18);1H. The molecule has 1 aromatic carbocycles. The number of carbonyl (C=O) groups excluding carboxylic acids is 1. The second-order valence-electron chi connectivity index (χ2n) is 4.89. The quantitative estimate of drug-likeness (QED) is 0.813. The molecule has 114 valence electrons. The van der Waals surface area contributed by atoms with Crippen LogP contribution in [0.2, 0.25) is 0 Å². The minimum absolute atomic E-state index is 0. The van der Waals surface area contributed by atoms with E-state index >= 15 is 0 Å². The van der Waals surface area contributed by atoms with Crippen LogP contribution in [0.5, 0.6) is 0 Å². The van der Waals surface area contributed by atoms with Crippen molar-refractivity contribution in [2.45, 2.75) is 38.8 Å². The number of rotatable bonds is 7. The minimum atomic E-state index is -0.320. The van der Waals surface area contributed by atoms with E-state index in [0.717, 1.165) is 18.4 Å². The SMILES string of the molecule is CCC(N)(CC)CNC(=O)c1cccc(COC)c1.Cl. The number of benzene rings is 1. The first-order chi connectivity index (χ1) is 9.04. The molecule has 0 saturated carbocycles. The summed E-state index contributed by atoms with van der Waals surface area (Å²) in [5.41, 5.74) is 7.48. The zero-order chi connectivity index (χ0) is 14.3. The largest absolute Gasteiger partial charge is 0.380 e. The Balaban J connectivity index is 0.00000361. The van der Waals surface area contributed by atoms with Gasteiger partial charge < -0.3 is 15.8 Å². The summed E-state index contributed by atoms with van der Waals surface area (Å²) in [6.07, 6.45) is 1.68. The van der Waals surface area contributed by atoms with Crippen LogP contribution in [0, 0.1) is 0 Å². The predicted octanol–water partition coefficient (Wildman–Crippen LogP) is 2.50. The number of amides is 1. The third-order valence-electron chi connectivity index (χ3n) is 3.51. The molecular weight excluding hydrogens is 276 g/mol. The Morgan fingerprint density at radius 3 is 2.55 bits per heavy atom. The fourth-order valence-corrected chi connectivity index (χ4v) is 1.83. The number of hydrogen-bond donors (Lipinski definition) is 2. The van der Waals surface area contributed by atoms with Crippen molar-refractivity contribution in [3.8, 4) is 0 Å². The van der Waals surface area contributed by atoms with Gasteiger partial charge in [0.2, 0.25) is 0 Å². The van der Waals surface area contributed by atoms with Gasteiger partial charge in [0.15, 0.2) is 0 Å². The number of hydrogen-bond acceptors (Lipinski definition) is 3. The Kier molecular flexibility index (Phi) is 8.46. The van der Waals surface area contributed by atoms with Crippen LogP contribution in [0.4, 0.5) is 0 Å². The monoisotopic (exact) mass is 300 g/mol. The summed E-state index contributed by atoms with van der Waals surface area (Å²) in [5, 5.41) is 2.91. The van der Waals surface area contributed by atoms with E-state index in [1.807, 2.05) is 32.0 Å². The number of methoxy groups -OCH3 is 1. The average Bonchev–Trinajstić information content (AvgIpc) is 2.45. The number of nitrogens with one attached hydrogen (secondary N) is 1. The third-order valence-corrected chi connectivity index (χ3v) is 3.51. The summed E-state index contributed by atoms with van der Waals surface area (Å²) in [6.45, 7) is 5.07. The molecule has 0 fully saturated rings. The molecule has 0 aliphatic carbocycles. The summed E-state index contributed by atoms with van der Waals surface area (Å²) >= 11 is 0. The van der Waals surface area contributed by atoms with E-state index in [1.165, 1.54) is 0 Å². The maximum Gasteiger partial charge on any atom is 0.251 e. The van der Waals surface area contributed by atoms with Crippen LogP contribution < -0.4 is 11.1 Å². The molecule has 20 heavy (non-hydrogen) atoms. The van der Waals surface area contributed by atoms with E-state index < -0.39 is 0 Å². The fourth-order valence-electron chi connectivity index (χ4n) is 1.83. The Morgan fingerprint density at radius 1 is 1.35 bits per heavy atom. The topological polar surface area (TPSA) is 64.3 Å². The number of ether oxygens (including phenoxy) is 1. The molecule has 1 aromatic rings. The molecule has 0 heterocycles. The van der Waals surface area contributed by atoms with Gasteiger partial charge in [-0.15, -0.1) is 12.4 Å². The van der Waals surface area contributed by atoms with E-state index in [0.29, 0.717) is 18.7 Å². The van der Waals surface area contributed by atoms with Gasteiger partial charge in [-0.3, -0.25) is 4.79 Å². The lowest BCUT2D eigenvalue weighted by atomic mass is 9.94. The summed E-state index contributed by atoms with van der Waals surface area (Å²) < 4.78 is 5.06. The Labute approximate surface area is 127 Å². The zero-order valence-corrected chi connectivity index (χ0v) is 13.3. The number of halogens is 1. The average molecular weight is 301 g/mol. The highest BCUT2D eigenvalue weighted by Crippen LogP contribution is 2.11. The molecular formula is C15H25ClN2O2. The van der Waals surface area contributed by atoms with Gasteiger partial charge in [0.05, 0.1) is 6.61 Å². The van der Waals surface area contributed by atoms with Crippen LogP contribution in [0.3, 0.4) is 0 Å². The highest BCUT2D eigenvalue weighted by Gasteiger charge is 2.21. The molecule has 0 aromatic heterocycles. The second-order valence-corrected chi connectivity index (χ2v) is 4.89. The summed E-state index contributed by atoms with van der Waals surface area (Å²) in [4.78, 5) is 12.1. The van der Waals surface area contributed by atoms with Crippen LogP contribution in [-0.4, -0.2) is 25.1 Å². The molecule has 3 N–H and O–H groups in total. The van der Waals surface area contributed by atoms with Gasteiger partial charge >= 0.3 is 0 Å². The maximum atomic E-state index is 12.1. The molecule has 1 rings (SSSR count). The molecule has 0 atom stereocenters. The highest BCUT2D eigenvalue weighted by atomic mass is 35.5. The Hall–Kier alpha value is -1.10. The van der Waals surface area contributed by atoms with Gasteiger partial charge in [0.1, 0.15) is 0 Å². The van der Waals surface area contributed by atoms with Crippen molar-refractivity contribution in [1.82, 2.24) is 5.32 Å². The zero-order valence-electron chi connectivity index (χ0n) is 12.4. The molecule has 0 aliphatic heterocycles. The third kappa shape index (κ3) is 5.49. The molecule has 0 unspecified atom stereocenters. The lowest BCUT2D eigenvalue weighted by Crippen LogP contribution is -2.49. The second kappa shape index (κ2) is 8.95. The van der Waals surface area contributed by atoms with Gasteiger partial charge in [0.25, 0.3) is 5.91 Å². The van der Waals surface area contributed by atoms with Crippen LogP contribution in [0.25, 0.3) is 0 Å². The van der Waals surface area contributed by atoms with Gasteiger partial charge in [-0.05, 0) is 30.5 Å². The van der Waals surface area contributed by atoms with Crippen LogP contribution in [0.15, 0.2) is 24.3 Å². The van der Waals surface area contributed by atoms with Crippen molar-refractivity contribution in [2.75, 3.05) is 13.7 Å². The van der Waals surface area contributed by atoms with Crippen LogP contribution in [0.1, 0.15) is 42.6 Å². The van der Waals surface area contributed by atoms with Crippen molar-refractivity contribution < 1.29 is 9.53 Å². The molecule has 0 bridgehead atoms. The van der Waals surface area contributed by atoms with Gasteiger partial charge in [-0.1, -0.05) is 26.0 Å². The van der Waals surface area contributed by atoms with E-state index in [2.05, 4.69) is 5.32 Å². The molecule has 4 nitrogen and oxygen atoms in total. The van der Waals surface area contributed by atoms with Crippen LogP contribution >= 0.6 is 12.4 Å². The molecule has 0 saturated heterocycles. The van der Waals surface area contributed by atoms with Crippen molar-refractivity contribution in [2.24, 2.45) is 5.73 Å². The van der Waals surface area contributed by atoms with Gasteiger partial charge in [0, 0.05) is 24.8 Å². The summed E-state index contributed by atoms with van der Waals surface area (Å²) in [6, 6.07) is 7.43. The fraction of sp³-hybridized carbons (Fsp3) is 0.533. The lowest BCUT2D eigenvalue weighted by molar-refractivity contribution is 0.0942. The maximum absolute atomic E-state index is 12.1. The summed E-state index contributed by atoms with van der Waals surface area (Å²) in [7, 11) is 1.64. The predicted molar refractivity (Wildman–Crippen MR) is 84.2 cm³/mol. The van der Waals surface area contributed by atoms with Crippen molar-refractivity contribution in [1.29, 1.82) is 0 Å². The first-order valence-electron chi connectivity index (χ1n) is 6.69. The Bertz CT molecular complexity index is 420. The molecule has 0 aliphatic rings.